The molecule has 0 fully saturated rings. The minimum Gasteiger partial charge on any atom is -0.322 e. The van der Waals surface area contributed by atoms with Gasteiger partial charge in [-0.05, 0) is 38.1 Å². The summed E-state index contributed by atoms with van der Waals surface area (Å²) in [7, 11) is 0. The summed E-state index contributed by atoms with van der Waals surface area (Å²) in [6.07, 6.45) is 1.68. The number of carbonyl (C=O) groups is 1. The van der Waals surface area contributed by atoms with Crippen molar-refractivity contribution >= 4 is 22.5 Å². The molecule has 21 heavy (non-hydrogen) atoms. The molecule has 0 aliphatic heterocycles. The fourth-order valence-corrected chi connectivity index (χ4v) is 2.26. The van der Waals surface area contributed by atoms with Crippen LogP contribution in [0.4, 0.5) is 5.69 Å². The third kappa shape index (κ3) is 2.74. The smallest absolute Gasteiger partial charge is 0.257 e. The SMILES string of the molecule is Cc1cc(NC(=O)c2cc3ccccc3nc2C)ccn1. The minimum atomic E-state index is -0.156. The number of nitrogens with one attached hydrogen (secondary N) is 1. The van der Waals surface area contributed by atoms with Gasteiger partial charge in [0.05, 0.1) is 16.8 Å². The molecule has 1 aromatic carbocycles. The van der Waals surface area contributed by atoms with E-state index in [2.05, 4.69) is 15.3 Å². The van der Waals surface area contributed by atoms with Crippen LogP contribution in [0.25, 0.3) is 10.9 Å². The predicted molar refractivity (Wildman–Crippen MR) is 83.4 cm³/mol. The average molecular weight is 277 g/mol. The maximum absolute atomic E-state index is 12.4. The Morgan fingerprint density at radius 3 is 2.71 bits per heavy atom. The van der Waals surface area contributed by atoms with E-state index in [-0.39, 0.29) is 5.91 Å². The molecular weight excluding hydrogens is 262 g/mol. The van der Waals surface area contributed by atoms with E-state index in [0.29, 0.717) is 5.56 Å². The number of hydrogen-bond acceptors (Lipinski definition) is 3. The number of anilines is 1. The number of pyridine rings is 2. The Balaban J connectivity index is 1.96. The van der Waals surface area contributed by atoms with E-state index in [1.165, 1.54) is 0 Å². The number of amides is 1. The third-order valence-corrected chi connectivity index (χ3v) is 3.31. The first-order chi connectivity index (χ1) is 10.1. The van der Waals surface area contributed by atoms with Gasteiger partial charge in [0.2, 0.25) is 0 Å². The Bertz CT molecular complexity index is 827. The quantitative estimate of drug-likeness (QED) is 0.780. The van der Waals surface area contributed by atoms with Crippen molar-refractivity contribution in [2.75, 3.05) is 5.32 Å². The third-order valence-electron chi connectivity index (χ3n) is 3.31. The zero-order chi connectivity index (χ0) is 14.8. The summed E-state index contributed by atoms with van der Waals surface area (Å²) in [6, 6.07) is 13.3. The first-order valence-electron chi connectivity index (χ1n) is 6.74. The van der Waals surface area contributed by atoms with Crippen LogP contribution in [0.2, 0.25) is 0 Å². The second-order valence-corrected chi connectivity index (χ2v) is 4.95. The minimum absolute atomic E-state index is 0.156. The first kappa shape index (κ1) is 13.2. The maximum Gasteiger partial charge on any atom is 0.257 e. The van der Waals surface area contributed by atoms with Gasteiger partial charge in [-0.15, -0.1) is 0 Å². The molecule has 0 aliphatic rings. The monoisotopic (exact) mass is 277 g/mol. The van der Waals surface area contributed by atoms with Crippen LogP contribution in [-0.2, 0) is 0 Å². The number of fused-ring (bicyclic) bond motifs is 1. The van der Waals surface area contributed by atoms with Crippen molar-refractivity contribution in [3.05, 3.63) is 65.6 Å². The summed E-state index contributed by atoms with van der Waals surface area (Å²) in [5, 5.41) is 3.84. The maximum atomic E-state index is 12.4. The van der Waals surface area contributed by atoms with E-state index in [1.807, 2.05) is 50.2 Å². The van der Waals surface area contributed by atoms with E-state index in [0.717, 1.165) is 28.0 Å². The summed E-state index contributed by atoms with van der Waals surface area (Å²) in [5.41, 5.74) is 3.80. The zero-order valence-electron chi connectivity index (χ0n) is 11.9. The molecule has 0 radical (unpaired) electrons. The van der Waals surface area contributed by atoms with Crippen LogP contribution in [0.1, 0.15) is 21.7 Å². The van der Waals surface area contributed by atoms with Gasteiger partial charge in [-0.3, -0.25) is 14.8 Å². The molecule has 2 aromatic heterocycles. The molecule has 0 bridgehead atoms. The van der Waals surface area contributed by atoms with Gasteiger partial charge in [0, 0.05) is 23.0 Å². The summed E-state index contributed by atoms with van der Waals surface area (Å²) < 4.78 is 0. The fraction of sp³-hybridized carbons (Fsp3) is 0.118. The number of aromatic nitrogens is 2. The lowest BCUT2D eigenvalue weighted by molar-refractivity contribution is 0.102. The molecule has 2 heterocycles. The lowest BCUT2D eigenvalue weighted by atomic mass is 10.1. The molecular formula is C17H15N3O. The molecule has 0 aliphatic carbocycles. The second kappa shape index (κ2) is 5.32. The molecule has 0 unspecified atom stereocenters. The van der Waals surface area contributed by atoms with Crippen molar-refractivity contribution in [2.45, 2.75) is 13.8 Å². The van der Waals surface area contributed by atoms with Crippen LogP contribution < -0.4 is 5.32 Å². The van der Waals surface area contributed by atoms with Gasteiger partial charge < -0.3 is 5.32 Å². The van der Waals surface area contributed by atoms with Gasteiger partial charge in [-0.1, -0.05) is 18.2 Å². The number of nitrogens with zero attached hydrogens (tertiary/aromatic N) is 2. The number of para-hydroxylation sites is 1. The van der Waals surface area contributed by atoms with Crippen molar-refractivity contribution < 1.29 is 4.79 Å². The number of benzene rings is 1. The molecule has 1 amide bonds. The van der Waals surface area contributed by atoms with Gasteiger partial charge in [0.25, 0.3) is 5.91 Å². The number of carbonyl (C=O) groups excluding carboxylic acids is 1. The number of rotatable bonds is 2. The van der Waals surface area contributed by atoms with Gasteiger partial charge in [0.15, 0.2) is 0 Å². The van der Waals surface area contributed by atoms with Crippen molar-refractivity contribution in [3.63, 3.8) is 0 Å². The largest absolute Gasteiger partial charge is 0.322 e. The molecule has 0 saturated heterocycles. The number of aryl methyl sites for hydroxylation is 2. The van der Waals surface area contributed by atoms with Crippen LogP contribution in [0.5, 0.6) is 0 Å². The highest BCUT2D eigenvalue weighted by Gasteiger charge is 2.12. The highest BCUT2D eigenvalue weighted by Crippen LogP contribution is 2.18. The van der Waals surface area contributed by atoms with Crippen molar-refractivity contribution in [3.8, 4) is 0 Å². The Morgan fingerprint density at radius 1 is 1.10 bits per heavy atom. The molecule has 4 heteroatoms. The molecule has 3 aromatic rings. The molecule has 0 atom stereocenters. The van der Waals surface area contributed by atoms with Gasteiger partial charge in [-0.2, -0.15) is 0 Å². The lowest BCUT2D eigenvalue weighted by Crippen LogP contribution is -2.14. The number of hydrogen-bond donors (Lipinski definition) is 1. The van der Waals surface area contributed by atoms with Crippen molar-refractivity contribution in [1.82, 2.24) is 9.97 Å². The Labute approximate surface area is 122 Å². The summed E-state index contributed by atoms with van der Waals surface area (Å²) in [5.74, 6) is -0.156. The molecule has 0 saturated carbocycles. The molecule has 1 N–H and O–H groups in total. The Kier molecular flexibility index (Phi) is 3.36. The highest BCUT2D eigenvalue weighted by atomic mass is 16.1. The van der Waals surface area contributed by atoms with Crippen LogP contribution in [0.3, 0.4) is 0 Å². The Morgan fingerprint density at radius 2 is 1.90 bits per heavy atom. The van der Waals surface area contributed by atoms with E-state index in [9.17, 15) is 4.79 Å². The van der Waals surface area contributed by atoms with Gasteiger partial charge in [-0.25, -0.2) is 0 Å². The first-order valence-corrected chi connectivity index (χ1v) is 6.74. The van der Waals surface area contributed by atoms with E-state index < -0.39 is 0 Å². The zero-order valence-corrected chi connectivity index (χ0v) is 11.9. The van der Waals surface area contributed by atoms with E-state index >= 15 is 0 Å². The van der Waals surface area contributed by atoms with Crippen LogP contribution in [0.15, 0.2) is 48.7 Å². The van der Waals surface area contributed by atoms with Crippen molar-refractivity contribution in [1.29, 1.82) is 0 Å². The molecule has 3 rings (SSSR count). The molecule has 4 nitrogen and oxygen atoms in total. The van der Waals surface area contributed by atoms with E-state index in [4.69, 9.17) is 0 Å². The van der Waals surface area contributed by atoms with Crippen LogP contribution in [0, 0.1) is 13.8 Å². The van der Waals surface area contributed by atoms with Crippen LogP contribution >= 0.6 is 0 Å². The van der Waals surface area contributed by atoms with Gasteiger partial charge >= 0.3 is 0 Å². The van der Waals surface area contributed by atoms with E-state index in [1.54, 1.807) is 12.3 Å². The predicted octanol–water partition coefficient (Wildman–Crippen LogP) is 3.50. The van der Waals surface area contributed by atoms with Crippen LogP contribution in [-0.4, -0.2) is 15.9 Å². The lowest BCUT2D eigenvalue weighted by Gasteiger charge is -2.09. The fourth-order valence-electron chi connectivity index (χ4n) is 2.26. The summed E-state index contributed by atoms with van der Waals surface area (Å²) in [6.45, 7) is 3.73. The standard InChI is InChI=1S/C17H15N3O/c1-11-9-14(7-8-18-11)20-17(21)15-10-13-5-3-4-6-16(13)19-12(15)2/h3-10H,1-2H3,(H,18,20,21). The molecule has 0 spiro atoms. The summed E-state index contributed by atoms with van der Waals surface area (Å²) >= 11 is 0. The summed E-state index contributed by atoms with van der Waals surface area (Å²) in [4.78, 5) is 21.0. The molecule has 104 valence electrons. The van der Waals surface area contributed by atoms with Gasteiger partial charge in [0.1, 0.15) is 0 Å². The van der Waals surface area contributed by atoms with Crippen molar-refractivity contribution in [2.24, 2.45) is 0 Å². The second-order valence-electron chi connectivity index (χ2n) is 4.95. The average Bonchev–Trinajstić information content (AvgIpc) is 2.46. The topological polar surface area (TPSA) is 54.9 Å². The normalized spacial score (nSPS) is 10.6. The Hall–Kier alpha value is -2.75. The highest BCUT2D eigenvalue weighted by molar-refractivity contribution is 6.06.